The minimum Gasteiger partial charge on any atom is -0.504 e. The van der Waals surface area contributed by atoms with Crippen molar-refractivity contribution in [2.45, 2.75) is 59.9 Å². The molecule has 0 saturated heterocycles. The van der Waals surface area contributed by atoms with E-state index >= 15 is 0 Å². The van der Waals surface area contributed by atoms with Crippen molar-refractivity contribution in [1.29, 1.82) is 0 Å². The van der Waals surface area contributed by atoms with Gasteiger partial charge in [0, 0.05) is 31.1 Å². The molecule has 0 unspecified atom stereocenters. The van der Waals surface area contributed by atoms with Crippen molar-refractivity contribution in [1.82, 2.24) is 9.55 Å². The summed E-state index contributed by atoms with van der Waals surface area (Å²) >= 11 is 0. The van der Waals surface area contributed by atoms with Crippen LogP contribution in [0.1, 0.15) is 51.7 Å². The van der Waals surface area contributed by atoms with Crippen LogP contribution in [0.25, 0.3) is 0 Å². The van der Waals surface area contributed by atoms with Crippen LogP contribution in [0.5, 0.6) is 34.5 Å². The van der Waals surface area contributed by atoms with Gasteiger partial charge in [0.05, 0.1) is 6.61 Å². The van der Waals surface area contributed by atoms with Crippen LogP contribution >= 0.6 is 0 Å². The summed E-state index contributed by atoms with van der Waals surface area (Å²) in [4.78, 5) is 25.0. The van der Waals surface area contributed by atoms with Gasteiger partial charge in [0.15, 0.2) is 23.0 Å². The predicted molar refractivity (Wildman–Crippen MR) is 157 cm³/mol. The van der Waals surface area contributed by atoms with Crippen molar-refractivity contribution in [2.75, 3.05) is 6.61 Å². The molecule has 0 fully saturated rings. The van der Waals surface area contributed by atoms with Crippen LogP contribution in [-0.2, 0) is 19.4 Å². The molecule has 0 bridgehead atoms. The zero-order valence-corrected chi connectivity index (χ0v) is 23.6. The van der Waals surface area contributed by atoms with E-state index in [1.807, 2.05) is 32.0 Å². The molecule has 8 nitrogen and oxygen atoms in total. The van der Waals surface area contributed by atoms with E-state index in [0.717, 1.165) is 37.0 Å². The molecule has 0 aliphatic rings. The second-order valence-corrected chi connectivity index (χ2v) is 9.10. The van der Waals surface area contributed by atoms with Crippen LogP contribution in [0.15, 0.2) is 82.6 Å². The van der Waals surface area contributed by atoms with Gasteiger partial charge in [-0.3, -0.25) is 9.59 Å². The number of pyridine rings is 2. The van der Waals surface area contributed by atoms with Crippen LogP contribution in [0.4, 0.5) is 0 Å². The highest BCUT2D eigenvalue weighted by molar-refractivity contribution is 5.46. The fourth-order valence-corrected chi connectivity index (χ4v) is 3.97. The fraction of sp³-hybridized carbons (Fsp3) is 0.312. The number of aromatic amines is 1. The summed E-state index contributed by atoms with van der Waals surface area (Å²) in [5, 5.41) is 9.84. The van der Waals surface area contributed by atoms with Crippen molar-refractivity contribution in [3.63, 3.8) is 0 Å². The van der Waals surface area contributed by atoms with Crippen LogP contribution < -0.4 is 25.3 Å². The standard InChI is InChI=1S/C18H23NO3.C14H15NO3/c1-4-7-14-8-10-16(17(12-14)21-6-3)22-15-9-11-18(20)19(5-2)13-15;1-2-3-10-4-6-13(12(16)8-10)18-11-5-7-14(17)15-9-11/h8-13H,4-7H2,1-3H3;4-9,16H,2-3H2,1H3,(H,15,17). The highest BCUT2D eigenvalue weighted by Crippen LogP contribution is 2.33. The number of aryl methyl sites for hydroxylation is 3. The maximum atomic E-state index is 11.6. The normalized spacial score (nSPS) is 10.4. The third kappa shape index (κ3) is 8.80. The summed E-state index contributed by atoms with van der Waals surface area (Å²) in [7, 11) is 0. The lowest BCUT2D eigenvalue weighted by Crippen LogP contribution is -2.16. The topological polar surface area (TPSA) is 103 Å². The molecule has 0 saturated carbocycles. The van der Waals surface area contributed by atoms with Crippen molar-refractivity contribution >= 4 is 0 Å². The average molecular weight is 547 g/mol. The van der Waals surface area contributed by atoms with E-state index in [-0.39, 0.29) is 16.9 Å². The van der Waals surface area contributed by atoms with Crippen molar-refractivity contribution < 1.29 is 19.3 Å². The largest absolute Gasteiger partial charge is 0.504 e. The smallest absolute Gasteiger partial charge is 0.250 e. The molecular weight excluding hydrogens is 508 g/mol. The summed E-state index contributed by atoms with van der Waals surface area (Å²) in [6, 6.07) is 17.5. The number of aromatic hydroxyl groups is 1. The van der Waals surface area contributed by atoms with Gasteiger partial charge in [-0.2, -0.15) is 0 Å². The maximum Gasteiger partial charge on any atom is 0.250 e. The van der Waals surface area contributed by atoms with Crippen molar-refractivity contribution in [3.05, 3.63) is 105 Å². The molecule has 4 rings (SSSR count). The summed E-state index contributed by atoms with van der Waals surface area (Å²) < 4.78 is 18.7. The number of ether oxygens (including phenoxy) is 3. The van der Waals surface area contributed by atoms with E-state index in [2.05, 4.69) is 24.9 Å². The molecule has 2 heterocycles. The first-order valence-electron chi connectivity index (χ1n) is 13.7. The lowest BCUT2D eigenvalue weighted by Gasteiger charge is -2.14. The molecule has 0 amide bonds. The first kappa shape index (κ1) is 30.1. The molecular formula is C32H38N2O6. The van der Waals surface area contributed by atoms with Gasteiger partial charge in [-0.15, -0.1) is 0 Å². The van der Waals surface area contributed by atoms with E-state index in [9.17, 15) is 14.7 Å². The van der Waals surface area contributed by atoms with Gasteiger partial charge in [-0.05, 0) is 74.2 Å². The Kier molecular flexibility index (Phi) is 11.4. The molecule has 2 N–H and O–H groups in total. The third-order valence-corrected chi connectivity index (χ3v) is 5.92. The lowest BCUT2D eigenvalue weighted by atomic mass is 10.1. The number of rotatable bonds is 11. The Morgan fingerprint density at radius 1 is 0.750 bits per heavy atom. The van der Waals surface area contributed by atoms with E-state index in [1.165, 1.54) is 23.9 Å². The lowest BCUT2D eigenvalue weighted by molar-refractivity contribution is 0.320. The van der Waals surface area contributed by atoms with E-state index < -0.39 is 0 Å². The van der Waals surface area contributed by atoms with Gasteiger partial charge in [-0.1, -0.05) is 38.8 Å². The summed E-state index contributed by atoms with van der Waals surface area (Å²) in [6.45, 7) is 9.31. The Morgan fingerprint density at radius 2 is 1.40 bits per heavy atom. The average Bonchev–Trinajstić information content (AvgIpc) is 2.94. The number of hydrogen-bond donors (Lipinski definition) is 2. The van der Waals surface area contributed by atoms with E-state index in [0.29, 0.717) is 36.1 Å². The molecule has 0 atom stereocenters. The van der Waals surface area contributed by atoms with Crippen molar-refractivity contribution in [3.8, 4) is 34.5 Å². The molecule has 0 radical (unpaired) electrons. The molecule has 0 spiro atoms. The minimum atomic E-state index is -0.190. The second kappa shape index (κ2) is 15.2. The quantitative estimate of drug-likeness (QED) is 0.214. The summed E-state index contributed by atoms with van der Waals surface area (Å²) in [5.41, 5.74) is 2.09. The van der Waals surface area contributed by atoms with Gasteiger partial charge in [0.1, 0.15) is 11.5 Å². The predicted octanol–water partition coefficient (Wildman–Crippen LogP) is 6.84. The van der Waals surface area contributed by atoms with Gasteiger partial charge in [0.2, 0.25) is 5.56 Å². The fourth-order valence-electron chi connectivity index (χ4n) is 3.97. The van der Waals surface area contributed by atoms with Crippen LogP contribution in [0, 0.1) is 0 Å². The third-order valence-electron chi connectivity index (χ3n) is 5.92. The first-order chi connectivity index (χ1) is 19.4. The Balaban J connectivity index is 0.000000225. The molecule has 40 heavy (non-hydrogen) atoms. The molecule has 0 aliphatic heterocycles. The number of nitrogens with one attached hydrogen (secondary N) is 1. The number of H-pyrrole nitrogens is 1. The highest BCUT2D eigenvalue weighted by atomic mass is 16.5. The monoisotopic (exact) mass is 546 g/mol. The minimum absolute atomic E-state index is 0.0295. The van der Waals surface area contributed by atoms with E-state index in [4.69, 9.17) is 14.2 Å². The van der Waals surface area contributed by atoms with E-state index in [1.54, 1.807) is 35.0 Å². The maximum absolute atomic E-state index is 11.6. The number of phenols is 1. The number of benzene rings is 2. The Morgan fingerprint density at radius 3 is 2.00 bits per heavy atom. The molecule has 2 aromatic carbocycles. The van der Waals surface area contributed by atoms with Crippen LogP contribution in [0.2, 0.25) is 0 Å². The highest BCUT2D eigenvalue weighted by Gasteiger charge is 2.09. The Bertz CT molecular complexity index is 1470. The van der Waals surface area contributed by atoms with Crippen molar-refractivity contribution in [2.24, 2.45) is 0 Å². The molecule has 8 heteroatoms. The van der Waals surface area contributed by atoms with Gasteiger partial charge in [0.25, 0.3) is 5.56 Å². The number of hydrogen-bond acceptors (Lipinski definition) is 6. The van der Waals surface area contributed by atoms with Crippen LogP contribution in [0.3, 0.4) is 0 Å². The SMILES string of the molecule is CCCc1ccc(Oc2ccc(=O)[nH]c2)c(O)c1.CCCc1ccc(Oc2ccc(=O)n(CC)c2)c(OCC)c1. The van der Waals surface area contributed by atoms with Gasteiger partial charge >= 0.3 is 0 Å². The Hall–Kier alpha value is -4.46. The first-order valence-corrected chi connectivity index (χ1v) is 13.7. The zero-order chi connectivity index (χ0) is 28.9. The van der Waals surface area contributed by atoms with Crippen LogP contribution in [-0.4, -0.2) is 21.3 Å². The number of aromatic nitrogens is 2. The summed E-state index contributed by atoms with van der Waals surface area (Å²) in [6.07, 6.45) is 7.24. The second-order valence-electron chi connectivity index (χ2n) is 9.10. The van der Waals surface area contributed by atoms with Gasteiger partial charge < -0.3 is 28.9 Å². The molecule has 2 aromatic heterocycles. The molecule has 4 aromatic rings. The molecule has 0 aliphatic carbocycles. The van der Waals surface area contributed by atoms with Gasteiger partial charge in [-0.25, -0.2) is 0 Å². The number of phenolic OH excluding ortho intramolecular Hbond substituents is 1. The number of nitrogens with zero attached hydrogens (tertiary/aromatic N) is 1. The summed E-state index contributed by atoms with van der Waals surface area (Å²) in [5.74, 6) is 3.00. The Labute approximate surface area is 234 Å². The zero-order valence-electron chi connectivity index (χ0n) is 23.6. The molecule has 212 valence electrons.